The topological polar surface area (TPSA) is 86.7 Å². The third kappa shape index (κ3) is 4.25. The average Bonchev–Trinajstić information content (AvgIpc) is 2.62. The number of carbonyl (C=O) groups excluding carboxylic acids is 2. The number of hydrogen-bond donors (Lipinski definition) is 0. The maximum Gasteiger partial charge on any atom is 0.389 e. The van der Waals surface area contributed by atoms with Gasteiger partial charge in [0.15, 0.2) is 0 Å². The van der Waals surface area contributed by atoms with E-state index < -0.39 is 21.8 Å². The van der Waals surface area contributed by atoms with Crippen molar-refractivity contribution >= 4 is 21.8 Å². The van der Waals surface area contributed by atoms with E-state index in [2.05, 4.69) is 0 Å². The van der Waals surface area contributed by atoms with Crippen LogP contribution in [0.5, 0.6) is 11.5 Å². The number of esters is 2. The standard InChI is InChI=1S/C18H10O6S/c1-3-17(19)23-13-5-9-15(10-6-13)25(21,22)16-11-7-14(8-12-16)24-18(20)4-2/h1-2,5-12H. The van der Waals surface area contributed by atoms with E-state index in [1.165, 1.54) is 48.5 Å². The number of rotatable bonds is 4. The molecular weight excluding hydrogens is 344 g/mol. The summed E-state index contributed by atoms with van der Waals surface area (Å²) in [7, 11) is -3.80. The van der Waals surface area contributed by atoms with E-state index in [0.717, 1.165) is 0 Å². The van der Waals surface area contributed by atoms with Crippen LogP contribution < -0.4 is 9.47 Å². The van der Waals surface area contributed by atoms with Gasteiger partial charge >= 0.3 is 11.9 Å². The molecule has 0 unspecified atom stereocenters. The van der Waals surface area contributed by atoms with Crippen LogP contribution in [-0.2, 0) is 19.4 Å². The minimum Gasteiger partial charge on any atom is -0.417 e. The summed E-state index contributed by atoms with van der Waals surface area (Å²) in [6.45, 7) is 0. The highest BCUT2D eigenvalue weighted by molar-refractivity contribution is 7.91. The summed E-state index contributed by atoms with van der Waals surface area (Å²) in [6.07, 6.45) is 9.77. The van der Waals surface area contributed by atoms with Gasteiger partial charge in [0.05, 0.1) is 9.79 Å². The van der Waals surface area contributed by atoms with Crippen molar-refractivity contribution < 1.29 is 27.5 Å². The van der Waals surface area contributed by atoms with Gasteiger partial charge in [0, 0.05) is 11.8 Å². The van der Waals surface area contributed by atoms with Gasteiger partial charge < -0.3 is 9.47 Å². The Morgan fingerprint density at radius 2 is 1.04 bits per heavy atom. The smallest absolute Gasteiger partial charge is 0.389 e. The fraction of sp³-hybridized carbons (Fsp3) is 0. The van der Waals surface area contributed by atoms with E-state index in [0.29, 0.717) is 0 Å². The molecule has 0 heterocycles. The van der Waals surface area contributed by atoms with Crippen LogP contribution in [0.4, 0.5) is 0 Å². The first-order valence-electron chi connectivity index (χ1n) is 6.69. The monoisotopic (exact) mass is 354 g/mol. The van der Waals surface area contributed by atoms with Gasteiger partial charge in [-0.1, -0.05) is 0 Å². The highest BCUT2D eigenvalue weighted by atomic mass is 32.2. The molecule has 0 aliphatic rings. The summed E-state index contributed by atoms with van der Waals surface area (Å²) in [6, 6.07) is 10.4. The molecular formula is C18H10O6S. The molecule has 2 aromatic rings. The zero-order chi connectivity index (χ0) is 18.4. The minimum absolute atomic E-state index is 0.0126. The highest BCUT2D eigenvalue weighted by Crippen LogP contribution is 2.25. The Kier molecular flexibility index (Phi) is 5.23. The van der Waals surface area contributed by atoms with Gasteiger partial charge in [0.25, 0.3) is 0 Å². The lowest BCUT2D eigenvalue weighted by atomic mass is 10.3. The molecule has 0 aliphatic carbocycles. The van der Waals surface area contributed by atoms with Crippen molar-refractivity contribution in [2.75, 3.05) is 0 Å². The summed E-state index contributed by atoms with van der Waals surface area (Å²) >= 11 is 0. The summed E-state index contributed by atoms with van der Waals surface area (Å²) in [4.78, 5) is 22.0. The number of sulfone groups is 1. The molecule has 0 N–H and O–H groups in total. The summed E-state index contributed by atoms with van der Waals surface area (Å²) < 4.78 is 34.6. The van der Waals surface area contributed by atoms with E-state index in [9.17, 15) is 18.0 Å². The number of terminal acetylenes is 2. The van der Waals surface area contributed by atoms with Crippen LogP contribution in [0, 0.1) is 24.7 Å². The first-order valence-corrected chi connectivity index (χ1v) is 8.17. The molecule has 0 aromatic heterocycles. The average molecular weight is 354 g/mol. The van der Waals surface area contributed by atoms with Crippen LogP contribution in [0.1, 0.15) is 0 Å². The molecule has 0 aliphatic heterocycles. The third-order valence-electron chi connectivity index (χ3n) is 2.92. The second kappa shape index (κ2) is 7.35. The van der Waals surface area contributed by atoms with Gasteiger partial charge in [0.1, 0.15) is 11.5 Å². The van der Waals surface area contributed by atoms with Crippen molar-refractivity contribution in [2.45, 2.75) is 9.79 Å². The molecule has 7 heteroatoms. The molecule has 6 nitrogen and oxygen atoms in total. The van der Waals surface area contributed by atoms with Gasteiger partial charge in [-0.2, -0.15) is 0 Å². The SMILES string of the molecule is C#CC(=O)Oc1ccc(S(=O)(=O)c2ccc(OC(=O)C#C)cc2)cc1. The maximum absolute atomic E-state index is 12.5. The Balaban J connectivity index is 2.24. The number of carbonyl (C=O) groups is 2. The predicted octanol–water partition coefficient (Wildman–Crippen LogP) is 1.60. The van der Waals surface area contributed by atoms with Crippen LogP contribution in [0.2, 0.25) is 0 Å². The van der Waals surface area contributed by atoms with Crippen molar-refractivity contribution in [2.24, 2.45) is 0 Å². The van der Waals surface area contributed by atoms with Crippen molar-refractivity contribution in [3.63, 3.8) is 0 Å². The van der Waals surface area contributed by atoms with E-state index in [1.807, 2.05) is 0 Å². The quantitative estimate of drug-likeness (QED) is 0.359. The number of hydrogen-bond acceptors (Lipinski definition) is 6. The van der Waals surface area contributed by atoms with Gasteiger partial charge in [-0.3, -0.25) is 0 Å². The fourth-order valence-corrected chi connectivity index (χ4v) is 3.04. The molecule has 0 atom stereocenters. The first kappa shape index (κ1) is 17.8. The largest absolute Gasteiger partial charge is 0.417 e. The number of benzene rings is 2. The lowest BCUT2D eigenvalue weighted by Gasteiger charge is -2.07. The molecule has 0 fully saturated rings. The van der Waals surface area contributed by atoms with Gasteiger partial charge in [-0.05, 0) is 48.5 Å². The Bertz CT molecular complexity index is 910. The Morgan fingerprint density at radius 3 is 1.32 bits per heavy atom. The first-order chi connectivity index (χ1) is 11.9. The second-order valence-corrected chi connectivity index (χ2v) is 6.46. The van der Waals surface area contributed by atoms with Crippen molar-refractivity contribution in [1.29, 1.82) is 0 Å². The molecule has 0 amide bonds. The Morgan fingerprint density at radius 1 is 0.720 bits per heavy atom. The van der Waals surface area contributed by atoms with Crippen LogP contribution >= 0.6 is 0 Å². The molecule has 0 radical (unpaired) electrons. The van der Waals surface area contributed by atoms with E-state index in [-0.39, 0.29) is 21.3 Å². The highest BCUT2D eigenvalue weighted by Gasteiger charge is 2.18. The lowest BCUT2D eigenvalue weighted by molar-refractivity contribution is -0.128. The van der Waals surface area contributed by atoms with Gasteiger partial charge in [-0.15, -0.1) is 12.8 Å². The number of ether oxygens (including phenoxy) is 2. The Hall–Kier alpha value is -3.55. The van der Waals surface area contributed by atoms with Crippen molar-refractivity contribution in [1.82, 2.24) is 0 Å². The summed E-state index contributed by atoms with van der Waals surface area (Å²) in [5.41, 5.74) is 0. The third-order valence-corrected chi connectivity index (χ3v) is 4.71. The molecule has 0 saturated heterocycles. The van der Waals surface area contributed by atoms with Crippen LogP contribution in [0.15, 0.2) is 58.3 Å². The van der Waals surface area contributed by atoms with Gasteiger partial charge in [0.2, 0.25) is 9.84 Å². The fourth-order valence-electron chi connectivity index (χ4n) is 1.78. The molecule has 2 rings (SSSR count). The molecule has 0 saturated carbocycles. The molecule has 2 aromatic carbocycles. The maximum atomic E-state index is 12.5. The van der Waals surface area contributed by atoms with E-state index in [1.54, 1.807) is 11.8 Å². The molecule has 0 spiro atoms. The van der Waals surface area contributed by atoms with Gasteiger partial charge in [-0.25, -0.2) is 18.0 Å². The molecule has 25 heavy (non-hydrogen) atoms. The van der Waals surface area contributed by atoms with Crippen LogP contribution in [-0.4, -0.2) is 20.4 Å². The normalized spacial score (nSPS) is 10.2. The molecule has 124 valence electrons. The van der Waals surface area contributed by atoms with Crippen molar-refractivity contribution in [3.8, 4) is 36.2 Å². The summed E-state index contributed by atoms with van der Waals surface area (Å²) in [5, 5.41) is 0. The Labute approximate surface area is 144 Å². The lowest BCUT2D eigenvalue weighted by Crippen LogP contribution is -2.06. The van der Waals surface area contributed by atoms with Crippen molar-refractivity contribution in [3.05, 3.63) is 48.5 Å². The second-order valence-electron chi connectivity index (χ2n) is 4.51. The summed E-state index contributed by atoms with van der Waals surface area (Å²) in [5.74, 6) is 2.04. The zero-order valence-corrected chi connectivity index (χ0v) is 13.4. The minimum atomic E-state index is -3.80. The zero-order valence-electron chi connectivity index (χ0n) is 12.6. The molecule has 0 bridgehead atoms. The van der Waals surface area contributed by atoms with Crippen LogP contribution in [0.3, 0.4) is 0 Å². The van der Waals surface area contributed by atoms with E-state index in [4.69, 9.17) is 22.3 Å². The van der Waals surface area contributed by atoms with E-state index >= 15 is 0 Å². The van der Waals surface area contributed by atoms with Crippen LogP contribution in [0.25, 0.3) is 0 Å². The predicted molar refractivity (Wildman–Crippen MR) is 87.3 cm³/mol.